The fourth-order valence-corrected chi connectivity index (χ4v) is 2.27. The van der Waals surface area contributed by atoms with Crippen molar-refractivity contribution in [2.75, 3.05) is 20.2 Å². The molecule has 2 aromatic rings. The number of fused-ring (bicyclic) bond motifs is 1. The molecule has 0 N–H and O–H groups in total. The minimum Gasteiger partial charge on any atom is -0.483 e. The lowest BCUT2D eigenvalue weighted by Crippen LogP contribution is -2.32. The Balaban J connectivity index is 2.17. The van der Waals surface area contributed by atoms with Gasteiger partial charge in [0.1, 0.15) is 5.75 Å². The number of pyridine rings is 1. The van der Waals surface area contributed by atoms with Crippen molar-refractivity contribution in [3.8, 4) is 5.75 Å². The summed E-state index contributed by atoms with van der Waals surface area (Å²) in [6, 6.07) is 8.93. The number of ether oxygens (including phenoxy) is 1. The zero-order chi connectivity index (χ0) is 16.1. The maximum absolute atomic E-state index is 12.0. The maximum atomic E-state index is 12.0. The summed E-state index contributed by atoms with van der Waals surface area (Å²) in [6.45, 7) is 2.74. The highest BCUT2D eigenvalue weighted by Gasteiger charge is 2.12. The first-order valence-corrected chi connectivity index (χ1v) is 7.50. The van der Waals surface area contributed by atoms with Gasteiger partial charge in [-0.2, -0.15) is 0 Å². The molecule has 1 aromatic heterocycles. The van der Waals surface area contributed by atoms with E-state index in [0.717, 1.165) is 30.3 Å². The monoisotopic (exact) mass is 302 g/mol. The Morgan fingerprint density at radius 3 is 2.77 bits per heavy atom. The Morgan fingerprint density at radius 1 is 1.32 bits per heavy atom. The van der Waals surface area contributed by atoms with Crippen LogP contribution >= 0.6 is 0 Å². The number of carbonyl (C=O) groups is 1. The number of benzene rings is 1. The predicted molar refractivity (Wildman–Crippen MR) is 87.2 cm³/mol. The van der Waals surface area contributed by atoms with Crippen molar-refractivity contribution in [3.05, 3.63) is 40.7 Å². The van der Waals surface area contributed by atoms with Crippen molar-refractivity contribution in [2.45, 2.75) is 19.8 Å². The van der Waals surface area contributed by atoms with Crippen molar-refractivity contribution in [2.24, 2.45) is 7.05 Å². The fourth-order valence-electron chi connectivity index (χ4n) is 2.27. The van der Waals surface area contributed by atoms with Gasteiger partial charge >= 0.3 is 0 Å². The fraction of sp³-hybridized carbons (Fsp3) is 0.412. The number of carbonyl (C=O) groups excluding carboxylic acids is 1. The molecule has 5 heteroatoms. The number of para-hydroxylation sites is 1. The van der Waals surface area contributed by atoms with Gasteiger partial charge in [0.15, 0.2) is 6.61 Å². The Bertz CT molecular complexity index is 721. The minimum absolute atomic E-state index is 0.0582. The molecule has 0 atom stereocenters. The Kier molecular flexibility index (Phi) is 5.20. The molecule has 0 unspecified atom stereocenters. The second kappa shape index (κ2) is 7.11. The molecule has 1 amide bonds. The second-order valence-electron chi connectivity index (χ2n) is 5.38. The molecule has 0 spiro atoms. The first-order chi connectivity index (χ1) is 10.5. The van der Waals surface area contributed by atoms with Gasteiger partial charge in [0, 0.05) is 32.1 Å². The third-order valence-corrected chi connectivity index (χ3v) is 3.74. The summed E-state index contributed by atoms with van der Waals surface area (Å²) >= 11 is 0. The molecule has 0 saturated heterocycles. The number of amides is 1. The van der Waals surface area contributed by atoms with Crippen LogP contribution in [-0.4, -0.2) is 35.6 Å². The summed E-state index contributed by atoms with van der Waals surface area (Å²) in [5.74, 6) is 0.370. The Hall–Kier alpha value is -2.30. The molecule has 0 radical (unpaired) electrons. The van der Waals surface area contributed by atoms with Gasteiger partial charge in [-0.05, 0) is 18.6 Å². The van der Waals surface area contributed by atoms with Crippen molar-refractivity contribution < 1.29 is 9.53 Å². The first-order valence-electron chi connectivity index (χ1n) is 7.50. The van der Waals surface area contributed by atoms with Crippen LogP contribution in [0.4, 0.5) is 0 Å². The van der Waals surface area contributed by atoms with Crippen LogP contribution in [0, 0.1) is 0 Å². The summed E-state index contributed by atoms with van der Waals surface area (Å²) in [7, 11) is 3.49. The molecule has 0 aliphatic rings. The molecule has 0 aliphatic carbocycles. The van der Waals surface area contributed by atoms with Gasteiger partial charge in [-0.15, -0.1) is 0 Å². The molecule has 0 saturated carbocycles. The normalized spacial score (nSPS) is 10.7. The van der Waals surface area contributed by atoms with E-state index in [1.807, 2.05) is 24.3 Å². The van der Waals surface area contributed by atoms with Crippen LogP contribution in [0.2, 0.25) is 0 Å². The van der Waals surface area contributed by atoms with Gasteiger partial charge in [-0.3, -0.25) is 9.59 Å². The van der Waals surface area contributed by atoms with Crippen LogP contribution in [0.3, 0.4) is 0 Å². The van der Waals surface area contributed by atoms with Crippen LogP contribution in [-0.2, 0) is 11.8 Å². The topological polar surface area (TPSA) is 51.5 Å². The zero-order valence-electron chi connectivity index (χ0n) is 13.3. The van der Waals surface area contributed by atoms with Crippen LogP contribution in [0.1, 0.15) is 19.8 Å². The average Bonchev–Trinajstić information content (AvgIpc) is 2.54. The van der Waals surface area contributed by atoms with Gasteiger partial charge in [0.2, 0.25) is 0 Å². The van der Waals surface area contributed by atoms with Crippen molar-refractivity contribution in [1.82, 2.24) is 9.47 Å². The van der Waals surface area contributed by atoms with E-state index in [4.69, 9.17) is 4.74 Å². The first kappa shape index (κ1) is 16.1. The van der Waals surface area contributed by atoms with E-state index in [9.17, 15) is 9.59 Å². The SMILES string of the molecule is CCCCN(C)C(=O)COc1cc(=O)n(C)c2ccccc12. The molecule has 5 nitrogen and oxygen atoms in total. The number of hydrogen-bond donors (Lipinski definition) is 0. The highest BCUT2D eigenvalue weighted by molar-refractivity contribution is 5.86. The van der Waals surface area contributed by atoms with Crippen molar-refractivity contribution in [3.63, 3.8) is 0 Å². The highest BCUT2D eigenvalue weighted by Crippen LogP contribution is 2.22. The number of rotatable bonds is 6. The summed E-state index contributed by atoms with van der Waals surface area (Å²) in [6.07, 6.45) is 2.01. The Labute approximate surface area is 130 Å². The molecule has 0 fully saturated rings. The smallest absolute Gasteiger partial charge is 0.260 e. The molecule has 118 valence electrons. The number of nitrogens with zero attached hydrogens (tertiary/aromatic N) is 2. The number of likely N-dealkylation sites (N-methyl/N-ethyl adjacent to an activating group) is 1. The Morgan fingerprint density at radius 2 is 2.05 bits per heavy atom. The number of aromatic nitrogens is 1. The highest BCUT2D eigenvalue weighted by atomic mass is 16.5. The predicted octanol–water partition coefficient (Wildman–Crippen LogP) is 2.18. The zero-order valence-corrected chi connectivity index (χ0v) is 13.3. The van der Waals surface area contributed by atoms with E-state index in [2.05, 4.69) is 6.92 Å². The van der Waals surface area contributed by atoms with Crippen LogP contribution < -0.4 is 10.3 Å². The van der Waals surface area contributed by atoms with Crippen molar-refractivity contribution in [1.29, 1.82) is 0 Å². The number of hydrogen-bond acceptors (Lipinski definition) is 3. The second-order valence-corrected chi connectivity index (χ2v) is 5.38. The van der Waals surface area contributed by atoms with E-state index in [1.165, 1.54) is 6.07 Å². The molecular weight excluding hydrogens is 280 g/mol. The van der Waals surface area contributed by atoms with Crippen LogP contribution in [0.25, 0.3) is 10.9 Å². The standard InChI is InChI=1S/C17H22N2O3/c1-4-5-10-18(2)17(21)12-22-15-11-16(20)19(3)14-9-7-6-8-13(14)15/h6-9,11H,4-5,10,12H2,1-3H3. The van der Waals surface area contributed by atoms with E-state index in [1.54, 1.807) is 23.6 Å². The number of aryl methyl sites for hydroxylation is 1. The maximum Gasteiger partial charge on any atom is 0.260 e. The lowest BCUT2D eigenvalue weighted by molar-refractivity contribution is -0.132. The molecule has 22 heavy (non-hydrogen) atoms. The summed E-state index contributed by atoms with van der Waals surface area (Å²) < 4.78 is 7.18. The molecule has 0 bridgehead atoms. The van der Waals surface area contributed by atoms with E-state index in [0.29, 0.717) is 5.75 Å². The molecule has 1 heterocycles. The minimum atomic E-state index is -0.152. The van der Waals surface area contributed by atoms with E-state index in [-0.39, 0.29) is 18.1 Å². The van der Waals surface area contributed by atoms with E-state index < -0.39 is 0 Å². The summed E-state index contributed by atoms with van der Waals surface area (Å²) in [5.41, 5.74) is 0.636. The quantitative estimate of drug-likeness (QED) is 0.822. The number of unbranched alkanes of at least 4 members (excludes halogenated alkanes) is 1. The average molecular weight is 302 g/mol. The van der Waals surface area contributed by atoms with Gasteiger partial charge in [0.25, 0.3) is 11.5 Å². The van der Waals surface area contributed by atoms with Crippen molar-refractivity contribution >= 4 is 16.8 Å². The van der Waals surface area contributed by atoms with Gasteiger partial charge in [0.05, 0.1) is 5.52 Å². The molecule has 2 rings (SSSR count). The molecule has 1 aromatic carbocycles. The third-order valence-electron chi connectivity index (χ3n) is 3.74. The van der Waals surface area contributed by atoms with Gasteiger partial charge in [-0.25, -0.2) is 0 Å². The van der Waals surface area contributed by atoms with E-state index >= 15 is 0 Å². The summed E-state index contributed by atoms with van der Waals surface area (Å²) in [4.78, 5) is 25.6. The van der Waals surface area contributed by atoms with Crippen LogP contribution in [0.5, 0.6) is 5.75 Å². The van der Waals surface area contributed by atoms with Crippen LogP contribution in [0.15, 0.2) is 35.1 Å². The molecular formula is C17H22N2O3. The lowest BCUT2D eigenvalue weighted by atomic mass is 10.2. The third kappa shape index (κ3) is 3.47. The van der Waals surface area contributed by atoms with Gasteiger partial charge < -0.3 is 14.2 Å². The molecule has 0 aliphatic heterocycles. The van der Waals surface area contributed by atoms with Gasteiger partial charge in [-0.1, -0.05) is 25.5 Å². The largest absolute Gasteiger partial charge is 0.483 e. The summed E-state index contributed by atoms with van der Waals surface area (Å²) in [5, 5.41) is 0.827. The lowest BCUT2D eigenvalue weighted by Gasteiger charge is -2.17.